The molecule has 0 saturated heterocycles. The topological polar surface area (TPSA) is 30.7 Å². The molecule has 0 amide bonds. The van der Waals surface area contributed by atoms with E-state index in [-0.39, 0.29) is 5.41 Å². The normalized spacial score (nSPS) is 13.6. The number of benzene rings is 9. The lowest BCUT2D eigenvalue weighted by Crippen LogP contribution is -2.14. The maximum atomic E-state index is 5.71. The van der Waals surface area contributed by atoms with Crippen molar-refractivity contribution in [3.63, 3.8) is 0 Å². The fraction of sp³-hybridized carbons (Fsp3) is 0.0566. The second-order valence-corrected chi connectivity index (χ2v) is 17.2. The Labute approximate surface area is 332 Å². The zero-order valence-corrected chi connectivity index (χ0v) is 32.2. The second kappa shape index (κ2) is 11.1. The van der Waals surface area contributed by atoms with Crippen LogP contribution < -0.4 is 0 Å². The van der Waals surface area contributed by atoms with E-state index in [1.165, 1.54) is 74.7 Å². The zero-order chi connectivity index (χ0) is 37.6. The van der Waals surface area contributed by atoms with E-state index in [0.717, 1.165) is 44.0 Å². The molecule has 0 N–H and O–H groups in total. The molecule has 0 bridgehead atoms. The van der Waals surface area contributed by atoms with E-state index in [2.05, 4.69) is 182 Å². The molecule has 0 unspecified atom stereocenters. The summed E-state index contributed by atoms with van der Waals surface area (Å²) in [6.45, 7) is 4.71. The van der Waals surface area contributed by atoms with Crippen molar-refractivity contribution in [3.8, 4) is 28.3 Å². The highest BCUT2D eigenvalue weighted by atomic mass is 32.1. The first kappa shape index (κ1) is 31.3. The molecule has 0 spiro atoms. The van der Waals surface area contributed by atoms with Gasteiger partial charge in [-0.05, 0) is 85.6 Å². The molecular formula is C53H33N3S. The maximum Gasteiger partial charge on any atom is 0.235 e. The van der Waals surface area contributed by atoms with Crippen molar-refractivity contribution in [2.45, 2.75) is 19.3 Å². The molecule has 1 aliphatic rings. The minimum atomic E-state index is -0.0865. The molecular weight excluding hydrogens is 711 g/mol. The zero-order valence-electron chi connectivity index (χ0n) is 31.3. The van der Waals surface area contributed by atoms with Gasteiger partial charge in [-0.1, -0.05) is 141 Å². The van der Waals surface area contributed by atoms with Crippen molar-refractivity contribution >= 4 is 96.5 Å². The molecule has 57 heavy (non-hydrogen) atoms. The lowest BCUT2D eigenvalue weighted by molar-refractivity contribution is 0.661. The number of hydrogen-bond acceptors (Lipinski definition) is 3. The Morgan fingerprint density at radius 2 is 1.16 bits per heavy atom. The fourth-order valence-electron chi connectivity index (χ4n) is 10.1. The molecule has 3 heterocycles. The average molecular weight is 744 g/mol. The van der Waals surface area contributed by atoms with Crippen LogP contribution in [0.25, 0.3) is 114 Å². The van der Waals surface area contributed by atoms with Gasteiger partial charge in [0, 0.05) is 52.7 Å². The highest BCUT2D eigenvalue weighted by Crippen LogP contribution is 2.52. The van der Waals surface area contributed by atoms with Gasteiger partial charge in [-0.2, -0.15) is 0 Å². The molecule has 12 aromatic rings. The molecule has 0 atom stereocenters. The summed E-state index contributed by atoms with van der Waals surface area (Å²) in [5.41, 5.74) is 10.5. The summed E-state index contributed by atoms with van der Waals surface area (Å²) >= 11 is 1.85. The van der Waals surface area contributed by atoms with E-state index >= 15 is 0 Å². The van der Waals surface area contributed by atoms with E-state index in [1.54, 1.807) is 0 Å². The third-order valence-electron chi connectivity index (χ3n) is 12.8. The van der Waals surface area contributed by atoms with Crippen molar-refractivity contribution < 1.29 is 0 Å². The monoisotopic (exact) mass is 743 g/mol. The Hall–Kier alpha value is -6.88. The average Bonchev–Trinajstić information content (AvgIpc) is 3.87. The fourth-order valence-corrected chi connectivity index (χ4v) is 11.2. The number of nitrogens with zero attached hydrogens (tertiary/aromatic N) is 3. The van der Waals surface area contributed by atoms with Crippen molar-refractivity contribution in [2.24, 2.45) is 0 Å². The van der Waals surface area contributed by atoms with Gasteiger partial charge in [0.05, 0.1) is 22.2 Å². The summed E-state index contributed by atoms with van der Waals surface area (Å²) in [7, 11) is 0. The van der Waals surface area contributed by atoms with Gasteiger partial charge >= 0.3 is 0 Å². The minimum Gasteiger partial charge on any atom is -0.278 e. The van der Waals surface area contributed by atoms with Crippen LogP contribution in [0.3, 0.4) is 0 Å². The molecule has 13 rings (SSSR count). The second-order valence-electron chi connectivity index (χ2n) is 16.1. The van der Waals surface area contributed by atoms with Crippen LogP contribution in [0.2, 0.25) is 0 Å². The number of hydrogen-bond donors (Lipinski definition) is 0. The predicted molar refractivity (Wildman–Crippen MR) is 242 cm³/mol. The number of aromatic nitrogens is 3. The third-order valence-corrected chi connectivity index (χ3v) is 13.9. The number of para-hydroxylation sites is 1. The van der Waals surface area contributed by atoms with E-state index < -0.39 is 0 Å². The summed E-state index contributed by atoms with van der Waals surface area (Å²) < 4.78 is 4.89. The first-order valence-corrected chi connectivity index (χ1v) is 20.5. The van der Waals surface area contributed by atoms with E-state index in [9.17, 15) is 0 Å². The van der Waals surface area contributed by atoms with Gasteiger partial charge in [0.15, 0.2) is 0 Å². The summed E-state index contributed by atoms with van der Waals surface area (Å²) in [6, 6.07) is 60.2. The van der Waals surface area contributed by atoms with Crippen LogP contribution in [-0.4, -0.2) is 14.5 Å². The number of fused-ring (bicyclic) bond motifs is 17. The highest BCUT2D eigenvalue weighted by molar-refractivity contribution is 7.25. The Kier molecular flexibility index (Phi) is 6.12. The lowest BCUT2D eigenvalue weighted by atomic mass is 9.82. The van der Waals surface area contributed by atoms with Crippen LogP contribution in [0.1, 0.15) is 25.0 Å². The van der Waals surface area contributed by atoms with Crippen LogP contribution in [0, 0.1) is 0 Å². The van der Waals surface area contributed by atoms with E-state index in [0.29, 0.717) is 5.95 Å². The molecule has 266 valence electrons. The first-order chi connectivity index (χ1) is 28.0. The highest BCUT2D eigenvalue weighted by Gasteiger charge is 2.36. The summed E-state index contributed by atoms with van der Waals surface area (Å²) in [5.74, 6) is 0.673. The third kappa shape index (κ3) is 4.15. The van der Waals surface area contributed by atoms with Gasteiger partial charge < -0.3 is 0 Å². The summed E-state index contributed by atoms with van der Waals surface area (Å²) in [5, 5.41) is 13.2. The SMILES string of the molecule is CC1(C)c2ccccc2-c2c1ccc1cc3c4ccccc4n(-c4nc(-c5ccc6sc7ccccc7c6c5)c5c6ccccc6c6ccccc6c5n4)c3cc21. The lowest BCUT2D eigenvalue weighted by Gasteiger charge is -2.21. The largest absolute Gasteiger partial charge is 0.278 e. The molecule has 3 aromatic heterocycles. The van der Waals surface area contributed by atoms with Crippen molar-refractivity contribution in [2.75, 3.05) is 0 Å². The first-order valence-electron chi connectivity index (χ1n) is 19.7. The molecule has 3 nitrogen and oxygen atoms in total. The van der Waals surface area contributed by atoms with Crippen LogP contribution in [0.5, 0.6) is 0 Å². The molecule has 9 aromatic carbocycles. The Morgan fingerprint density at radius 1 is 0.474 bits per heavy atom. The maximum absolute atomic E-state index is 5.71. The smallest absolute Gasteiger partial charge is 0.235 e. The molecule has 1 aliphatic carbocycles. The number of rotatable bonds is 2. The Morgan fingerprint density at radius 3 is 2.02 bits per heavy atom. The van der Waals surface area contributed by atoms with Crippen molar-refractivity contribution in [1.82, 2.24) is 14.5 Å². The van der Waals surface area contributed by atoms with E-state index in [1.807, 2.05) is 11.3 Å². The van der Waals surface area contributed by atoms with Gasteiger partial charge in [0.1, 0.15) is 0 Å². The molecule has 4 heteroatoms. The van der Waals surface area contributed by atoms with Gasteiger partial charge in [-0.15, -0.1) is 11.3 Å². The predicted octanol–water partition coefficient (Wildman–Crippen LogP) is 14.5. The van der Waals surface area contributed by atoms with Gasteiger partial charge in [0.2, 0.25) is 5.95 Å². The van der Waals surface area contributed by atoms with Crippen molar-refractivity contribution in [3.05, 3.63) is 175 Å². The summed E-state index contributed by atoms with van der Waals surface area (Å²) in [6.07, 6.45) is 0. The van der Waals surface area contributed by atoms with E-state index in [4.69, 9.17) is 9.97 Å². The quantitative estimate of drug-likeness (QED) is 0.165. The minimum absolute atomic E-state index is 0.0865. The molecule has 0 radical (unpaired) electrons. The van der Waals surface area contributed by atoms with Gasteiger partial charge in [-0.3, -0.25) is 4.57 Å². The Bertz CT molecular complexity index is 3730. The Balaban J connectivity index is 1.19. The van der Waals surface area contributed by atoms with Gasteiger partial charge in [0.25, 0.3) is 0 Å². The van der Waals surface area contributed by atoms with Crippen LogP contribution >= 0.6 is 11.3 Å². The molecule has 0 aliphatic heterocycles. The van der Waals surface area contributed by atoms with Crippen LogP contribution in [0.4, 0.5) is 0 Å². The molecule has 0 saturated carbocycles. The van der Waals surface area contributed by atoms with Crippen LogP contribution in [-0.2, 0) is 5.41 Å². The van der Waals surface area contributed by atoms with Crippen LogP contribution in [0.15, 0.2) is 164 Å². The van der Waals surface area contributed by atoms with Crippen molar-refractivity contribution in [1.29, 1.82) is 0 Å². The summed E-state index contributed by atoms with van der Waals surface area (Å²) in [4.78, 5) is 11.4. The number of thiophene rings is 1. The van der Waals surface area contributed by atoms with Gasteiger partial charge in [-0.25, -0.2) is 9.97 Å². The molecule has 0 fully saturated rings. The standard InChI is InChI=1S/C53H33N3S/c1-53(2)42-20-10-7-19-38(42)48-39-29-45-40(27-30(39)23-25-43(48)53)34-15-8-11-21-44(34)56(45)52-54-50(31-24-26-47-41(28-31)35-16-9-12-22-46(35)57-47)49-36-17-5-3-13-32(36)33-14-4-6-18-37(33)51(49)55-52/h3-29H,1-2H3.